The number of ether oxygens (including phenoxy) is 1. The zero-order valence-electron chi connectivity index (χ0n) is 12.1. The van der Waals surface area contributed by atoms with Crippen LogP contribution in [0.5, 0.6) is 0 Å². The first-order chi connectivity index (χ1) is 9.32. The molecule has 2 nitrogen and oxygen atoms in total. The van der Waals surface area contributed by atoms with Crippen LogP contribution in [0.2, 0.25) is 0 Å². The van der Waals surface area contributed by atoms with E-state index in [0.717, 1.165) is 6.07 Å². The molecule has 0 saturated carbocycles. The molecule has 114 valence electrons. The Morgan fingerprint density at radius 3 is 2.10 bits per heavy atom. The minimum absolute atomic E-state index is 0.0946. The van der Waals surface area contributed by atoms with E-state index in [0.29, 0.717) is 19.4 Å². The lowest BCUT2D eigenvalue weighted by molar-refractivity contribution is -0.139. The number of rotatable bonds is 6. The summed E-state index contributed by atoms with van der Waals surface area (Å²) in [4.78, 5) is 0. The average molecular weight is 289 g/mol. The maximum Gasteiger partial charge on any atom is 0.416 e. The van der Waals surface area contributed by atoms with Crippen molar-refractivity contribution < 1.29 is 17.9 Å². The molecule has 1 aromatic rings. The van der Waals surface area contributed by atoms with Crippen molar-refractivity contribution in [3.05, 3.63) is 35.4 Å². The monoisotopic (exact) mass is 289 g/mol. The van der Waals surface area contributed by atoms with Crippen LogP contribution in [-0.4, -0.2) is 12.2 Å². The highest BCUT2D eigenvalue weighted by Crippen LogP contribution is 2.40. The highest BCUT2D eigenvalue weighted by molar-refractivity contribution is 5.34. The normalized spacial score (nSPS) is 14.3. The van der Waals surface area contributed by atoms with E-state index in [1.807, 2.05) is 20.8 Å². The second kappa shape index (κ2) is 6.59. The number of hydrogen-bond donors (Lipinski definition) is 1. The van der Waals surface area contributed by atoms with Gasteiger partial charge in [-0.25, -0.2) is 0 Å². The largest absolute Gasteiger partial charge is 0.416 e. The first-order valence-corrected chi connectivity index (χ1v) is 6.88. The lowest BCUT2D eigenvalue weighted by Crippen LogP contribution is -2.43. The van der Waals surface area contributed by atoms with Gasteiger partial charge in [-0.3, -0.25) is 0 Å². The molecule has 1 atom stereocenters. The molecule has 0 heterocycles. The Kier molecular flexibility index (Phi) is 5.59. The molecule has 5 heteroatoms. The van der Waals surface area contributed by atoms with Gasteiger partial charge in [0.05, 0.1) is 17.2 Å². The zero-order valence-corrected chi connectivity index (χ0v) is 12.1. The first kappa shape index (κ1) is 17.0. The Hall–Kier alpha value is -1.07. The van der Waals surface area contributed by atoms with Crippen molar-refractivity contribution in [1.82, 2.24) is 0 Å². The molecule has 0 fully saturated rings. The van der Waals surface area contributed by atoms with Crippen LogP contribution in [0.1, 0.15) is 50.8 Å². The minimum atomic E-state index is -4.41. The SMILES string of the molecule is CCOC(CC)(CC)C(N)c1ccccc1C(F)(F)F. The number of hydrogen-bond acceptors (Lipinski definition) is 2. The maximum atomic E-state index is 13.1. The topological polar surface area (TPSA) is 35.2 Å². The summed E-state index contributed by atoms with van der Waals surface area (Å²) in [5.41, 5.74) is 4.80. The van der Waals surface area contributed by atoms with Crippen molar-refractivity contribution in [2.45, 2.75) is 51.4 Å². The van der Waals surface area contributed by atoms with Crippen LogP contribution in [0.15, 0.2) is 24.3 Å². The van der Waals surface area contributed by atoms with Gasteiger partial charge in [-0.05, 0) is 31.4 Å². The van der Waals surface area contributed by atoms with Crippen LogP contribution in [0, 0.1) is 0 Å². The van der Waals surface area contributed by atoms with E-state index in [1.54, 1.807) is 6.07 Å². The van der Waals surface area contributed by atoms with Crippen molar-refractivity contribution in [2.75, 3.05) is 6.61 Å². The van der Waals surface area contributed by atoms with Gasteiger partial charge < -0.3 is 10.5 Å². The summed E-state index contributed by atoms with van der Waals surface area (Å²) in [7, 11) is 0. The van der Waals surface area contributed by atoms with Crippen LogP contribution in [0.4, 0.5) is 13.2 Å². The molecule has 0 bridgehead atoms. The van der Waals surface area contributed by atoms with E-state index in [9.17, 15) is 13.2 Å². The van der Waals surface area contributed by atoms with Crippen LogP contribution in [0.25, 0.3) is 0 Å². The summed E-state index contributed by atoms with van der Waals surface area (Å²) in [6.07, 6.45) is -3.29. The molecule has 0 amide bonds. The fraction of sp³-hybridized carbons (Fsp3) is 0.600. The molecular formula is C15H22F3NO. The lowest BCUT2D eigenvalue weighted by Gasteiger charge is -2.38. The van der Waals surface area contributed by atoms with Gasteiger partial charge >= 0.3 is 6.18 Å². The summed E-state index contributed by atoms with van der Waals surface area (Å²) >= 11 is 0. The molecule has 0 radical (unpaired) electrons. The molecule has 0 aliphatic rings. The van der Waals surface area contributed by atoms with Gasteiger partial charge in [0, 0.05) is 6.61 Å². The van der Waals surface area contributed by atoms with Gasteiger partial charge in [0.1, 0.15) is 0 Å². The molecule has 2 N–H and O–H groups in total. The predicted molar refractivity (Wildman–Crippen MR) is 73.3 cm³/mol. The number of nitrogens with two attached hydrogens (primary N) is 1. The van der Waals surface area contributed by atoms with E-state index in [1.165, 1.54) is 12.1 Å². The highest BCUT2D eigenvalue weighted by atomic mass is 19.4. The Bertz CT molecular complexity index is 427. The molecule has 0 saturated heterocycles. The first-order valence-electron chi connectivity index (χ1n) is 6.88. The van der Waals surface area contributed by atoms with E-state index < -0.39 is 23.4 Å². The highest BCUT2D eigenvalue weighted by Gasteiger charge is 2.41. The van der Waals surface area contributed by atoms with Crippen molar-refractivity contribution in [2.24, 2.45) is 5.73 Å². The van der Waals surface area contributed by atoms with Gasteiger partial charge in [0.2, 0.25) is 0 Å². The molecule has 0 spiro atoms. The van der Waals surface area contributed by atoms with Gasteiger partial charge in [-0.2, -0.15) is 13.2 Å². The van der Waals surface area contributed by atoms with Crippen LogP contribution < -0.4 is 5.73 Å². The zero-order chi connectivity index (χ0) is 15.4. The van der Waals surface area contributed by atoms with Gasteiger partial charge in [0.15, 0.2) is 0 Å². The summed E-state index contributed by atoms with van der Waals surface area (Å²) in [6, 6.07) is 4.64. The van der Waals surface area contributed by atoms with Gasteiger partial charge in [-0.15, -0.1) is 0 Å². The van der Waals surface area contributed by atoms with E-state index in [4.69, 9.17) is 10.5 Å². The van der Waals surface area contributed by atoms with Crippen LogP contribution in [0.3, 0.4) is 0 Å². The molecule has 20 heavy (non-hydrogen) atoms. The lowest BCUT2D eigenvalue weighted by atomic mass is 9.82. The van der Waals surface area contributed by atoms with Crippen molar-refractivity contribution in [3.8, 4) is 0 Å². The third-order valence-corrected chi connectivity index (χ3v) is 3.80. The van der Waals surface area contributed by atoms with Gasteiger partial charge in [0.25, 0.3) is 0 Å². The van der Waals surface area contributed by atoms with Crippen molar-refractivity contribution in [1.29, 1.82) is 0 Å². The Labute approximate surface area is 118 Å². The third kappa shape index (κ3) is 3.33. The van der Waals surface area contributed by atoms with Crippen molar-refractivity contribution >= 4 is 0 Å². The molecule has 0 aromatic heterocycles. The number of alkyl halides is 3. The second-order valence-corrected chi connectivity index (χ2v) is 4.77. The predicted octanol–water partition coefficient (Wildman–Crippen LogP) is 4.30. The quantitative estimate of drug-likeness (QED) is 0.847. The van der Waals surface area contributed by atoms with Crippen LogP contribution >= 0.6 is 0 Å². The maximum absolute atomic E-state index is 13.1. The number of halogens is 3. The van der Waals surface area contributed by atoms with E-state index in [-0.39, 0.29) is 5.56 Å². The standard InChI is InChI=1S/C15H22F3NO/c1-4-14(5-2,20-6-3)13(19)11-9-7-8-10-12(11)15(16,17)18/h7-10,13H,4-6,19H2,1-3H3. The molecule has 1 aromatic carbocycles. The molecular weight excluding hydrogens is 267 g/mol. The molecule has 1 rings (SSSR count). The second-order valence-electron chi connectivity index (χ2n) is 4.77. The average Bonchev–Trinajstić information content (AvgIpc) is 2.43. The van der Waals surface area contributed by atoms with Crippen LogP contribution in [-0.2, 0) is 10.9 Å². The minimum Gasteiger partial charge on any atom is -0.373 e. The molecule has 1 unspecified atom stereocenters. The summed E-state index contributed by atoms with van der Waals surface area (Å²) < 4.78 is 45.0. The fourth-order valence-electron chi connectivity index (χ4n) is 2.58. The number of benzene rings is 1. The molecule has 0 aliphatic heterocycles. The van der Waals surface area contributed by atoms with E-state index >= 15 is 0 Å². The third-order valence-electron chi connectivity index (χ3n) is 3.80. The Balaban J connectivity index is 3.29. The fourth-order valence-corrected chi connectivity index (χ4v) is 2.58. The Morgan fingerprint density at radius 2 is 1.65 bits per heavy atom. The van der Waals surface area contributed by atoms with E-state index in [2.05, 4.69) is 0 Å². The molecule has 0 aliphatic carbocycles. The summed E-state index contributed by atoms with van der Waals surface area (Å²) in [5, 5.41) is 0. The summed E-state index contributed by atoms with van der Waals surface area (Å²) in [5.74, 6) is 0. The Morgan fingerprint density at radius 1 is 1.10 bits per heavy atom. The van der Waals surface area contributed by atoms with Gasteiger partial charge in [-0.1, -0.05) is 32.0 Å². The smallest absolute Gasteiger partial charge is 0.373 e. The van der Waals surface area contributed by atoms with Crippen molar-refractivity contribution in [3.63, 3.8) is 0 Å². The summed E-state index contributed by atoms with van der Waals surface area (Å²) in [6.45, 7) is 6.01.